The third kappa shape index (κ3) is 4.43. The van der Waals surface area contributed by atoms with Crippen LogP contribution >= 0.6 is 11.8 Å². The molecular formula is C19H20N4O2S. The molecule has 1 aromatic heterocycles. The second kappa shape index (κ2) is 8.53. The third-order valence-electron chi connectivity index (χ3n) is 3.87. The van der Waals surface area contributed by atoms with Crippen molar-refractivity contribution in [3.05, 3.63) is 71.5 Å². The highest BCUT2D eigenvalue weighted by atomic mass is 32.2. The number of ether oxygens (including phenoxy) is 1. The lowest BCUT2D eigenvalue weighted by Gasteiger charge is -2.09. The summed E-state index contributed by atoms with van der Waals surface area (Å²) in [6.45, 7) is 2.58. The van der Waals surface area contributed by atoms with E-state index in [1.54, 1.807) is 12.1 Å². The van der Waals surface area contributed by atoms with Gasteiger partial charge in [-0.25, -0.2) is 4.68 Å². The van der Waals surface area contributed by atoms with Gasteiger partial charge in [0, 0.05) is 5.56 Å². The average molecular weight is 368 g/mol. The molecule has 1 N–H and O–H groups in total. The summed E-state index contributed by atoms with van der Waals surface area (Å²) >= 11 is 1.41. The number of benzene rings is 2. The predicted octanol–water partition coefficient (Wildman–Crippen LogP) is 3.53. The second-order valence-corrected chi connectivity index (χ2v) is 6.39. The van der Waals surface area contributed by atoms with Crippen molar-refractivity contribution in [3.8, 4) is 5.75 Å². The van der Waals surface area contributed by atoms with E-state index in [0.29, 0.717) is 17.3 Å². The number of hydrogen-bond donors (Lipinski definition) is 1. The first-order valence-corrected chi connectivity index (χ1v) is 9.48. The Morgan fingerprint density at radius 3 is 2.46 bits per heavy atom. The molecule has 0 atom stereocenters. The zero-order chi connectivity index (χ0) is 18.4. The van der Waals surface area contributed by atoms with Crippen molar-refractivity contribution in [2.24, 2.45) is 0 Å². The number of nitrogens with zero attached hydrogens (tertiary/aromatic N) is 3. The predicted molar refractivity (Wildman–Crippen MR) is 102 cm³/mol. The van der Waals surface area contributed by atoms with Gasteiger partial charge in [0.15, 0.2) is 0 Å². The van der Waals surface area contributed by atoms with E-state index in [0.717, 1.165) is 17.7 Å². The first-order valence-electron chi connectivity index (χ1n) is 8.25. The van der Waals surface area contributed by atoms with Crippen LogP contribution in [0.25, 0.3) is 0 Å². The summed E-state index contributed by atoms with van der Waals surface area (Å²) in [4.78, 5) is 12.3. The Hall–Kier alpha value is -2.80. The molecule has 0 aliphatic heterocycles. The van der Waals surface area contributed by atoms with Crippen molar-refractivity contribution in [1.82, 2.24) is 14.9 Å². The summed E-state index contributed by atoms with van der Waals surface area (Å²) in [7, 11) is 0. The van der Waals surface area contributed by atoms with Gasteiger partial charge in [-0.05, 0) is 48.1 Å². The number of amides is 1. The maximum atomic E-state index is 12.3. The van der Waals surface area contributed by atoms with Crippen LogP contribution < -0.4 is 10.2 Å². The Balaban J connectivity index is 1.58. The van der Waals surface area contributed by atoms with E-state index in [1.807, 2.05) is 30.5 Å². The minimum absolute atomic E-state index is 0.220. The van der Waals surface area contributed by atoms with Crippen molar-refractivity contribution >= 4 is 17.7 Å². The zero-order valence-corrected chi connectivity index (χ0v) is 15.5. The summed E-state index contributed by atoms with van der Waals surface area (Å²) in [5.41, 5.74) is 5.58. The van der Waals surface area contributed by atoms with Crippen molar-refractivity contribution in [3.63, 3.8) is 0 Å². The number of carbonyl (C=O) groups is 1. The van der Waals surface area contributed by atoms with Gasteiger partial charge in [-0.1, -0.05) is 43.0 Å². The molecule has 0 unspecified atom stereocenters. The van der Waals surface area contributed by atoms with Gasteiger partial charge in [0.1, 0.15) is 18.7 Å². The highest BCUT2D eigenvalue weighted by Crippen LogP contribution is 2.15. The summed E-state index contributed by atoms with van der Waals surface area (Å²) in [6, 6.07) is 15.4. The summed E-state index contributed by atoms with van der Waals surface area (Å²) in [5.74, 6) is 0.615. The first-order chi connectivity index (χ1) is 12.7. The molecule has 3 aromatic rings. The van der Waals surface area contributed by atoms with Gasteiger partial charge in [-0.3, -0.25) is 10.2 Å². The standard InChI is InChI=1S/C19H20N4O2S/c1-3-14-6-10-17(11-7-14)25-12-15-4-8-16(9-5-15)18(24)22-23-13-20-21-19(23)26-2/h4-11,13H,3,12H2,1-2H3,(H,22,24). The normalized spacial score (nSPS) is 10.5. The van der Waals surface area contributed by atoms with Crippen LogP contribution in [0.2, 0.25) is 0 Å². The fraction of sp³-hybridized carbons (Fsp3) is 0.211. The number of thioether (sulfide) groups is 1. The highest BCUT2D eigenvalue weighted by Gasteiger charge is 2.09. The molecule has 134 valence electrons. The fourth-order valence-corrected chi connectivity index (χ4v) is 2.77. The number of nitrogens with one attached hydrogen (secondary N) is 1. The van der Waals surface area contributed by atoms with Gasteiger partial charge < -0.3 is 4.74 Å². The molecule has 0 fully saturated rings. The Kier molecular flexibility index (Phi) is 5.91. The summed E-state index contributed by atoms with van der Waals surface area (Å²) in [5, 5.41) is 8.31. The molecule has 1 heterocycles. The molecule has 0 saturated carbocycles. The van der Waals surface area contributed by atoms with Crippen LogP contribution in [-0.2, 0) is 13.0 Å². The van der Waals surface area contributed by atoms with Gasteiger partial charge in [0.25, 0.3) is 5.91 Å². The molecule has 0 aliphatic carbocycles. The Bertz CT molecular complexity index is 860. The van der Waals surface area contributed by atoms with Crippen LogP contribution in [0.4, 0.5) is 0 Å². The number of aromatic nitrogens is 3. The molecule has 26 heavy (non-hydrogen) atoms. The molecule has 7 heteroatoms. The SMILES string of the molecule is CCc1ccc(OCc2ccc(C(=O)Nn3cnnc3SC)cc2)cc1. The van der Waals surface area contributed by atoms with Crippen molar-refractivity contribution in [2.45, 2.75) is 25.1 Å². The van der Waals surface area contributed by atoms with E-state index in [2.05, 4.69) is 34.7 Å². The molecule has 2 aromatic carbocycles. The minimum Gasteiger partial charge on any atom is -0.489 e. The van der Waals surface area contributed by atoms with Gasteiger partial charge in [-0.15, -0.1) is 10.2 Å². The lowest BCUT2D eigenvalue weighted by Crippen LogP contribution is -2.22. The number of carbonyl (C=O) groups excluding carboxylic acids is 1. The van der Waals surface area contributed by atoms with Crippen LogP contribution in [0.1, 0.15) is 28.4 Å². The maximum Gasteiger partial charge on any atom is 0.270 e. The first kappa shape index (κ1) is 18.0. The monoisotopic (exact) mass is 368 g/mol. The van der Waals surface area contributed by atoms with Gasteiger partial charge in [-0.2, -0.15) is 0 Å². The van der Waals surface area contributed by atoms with Gasteiger partial charge in [0.2, 0.25) is 5.16 Å². The van der Waals surface area contributed by atoms with Crippen molar-refractivity contribution in [1.29, 1.82) is 0 Å². The lowest BCUT2D eigenvalue weighted by atomic mass is 10.1. The quantitative estimate of drug-likeness (QED) is 0.646. The van der Waals surface area contributed by atoms with E-state index in [1.165, 1.54) is 28.3 Å². The molecule has 0 saturated heterocycles. The van der Waals surface area contributed by atoms with Crippen LogP contribution in [0.15, 0.2) is 60.0 Å². The average Bonchev–Trinajstić information content (AvgIpc) is 3.14. The fourth-order valence-electron chi connectivity index (χ4n) is 2.35. The molecule has 0 bridgehead atoms. The second-order valence-electron chi connectivity index (χ2n) is 5.61. The van der Waals surface area contributed by atoms with E-state index >= 15 is 0 Å². The number of rotatable bonds is 7. The largest absolute Gasteiger partial charge is 0.489 e. The summed E-state index contributed by atoms with van der Waals surface area (Å²) < 4.78 is 7.29. The number of aryl methyl sites for hydroxylation is 1. The third-order valence-corrected chi connectivity index (χ3v) is 4.52. The van der Waals surface area contributed by atoms with Crippen molar-refractivity contribution in [2.75, 3.05) is 11.7 Å². The van der Waals surface area contributed by atoms with E-state index in [9.17, 15) is 4.79 Å². The lowest BCUT2D eigenvalue weighted by molar-refractivity contribution is 0.101. The smallest absolute Gasteiger partial charge is 0.270 e. The molecule has 0 spiro atoms. The Labute approximate surface area is 156 Å². The number of hydrogen-bond acceptors (Lipinski definition) is 5. The Morgan fingerprint density at radius 1 is 1.12 bits per heavy atom. The van der Waals surface area contributed by atoms with Crippen LogP contribution in [-0.4, -0.2) is 27.0 Å². The molecule has 3 rings (SSSR count). The molecule has 0 aliphatic rings. The van der Waals surface area contributed by atoms with Gasteiger partial charge >= 0.3 is 0 Å². The van der Waals surface area contributed by atoms with E-state index < -0.39 is 0 Å². The molecule has 6 nitrogen and oxygen atoms in total. The van der Waals surface area contributed by atoms with Gasteiger partial charge in [0.05, 0.1) is 0 Å². The maximum absolute atomic E-state index is 12.3. The molecule has 0 radical (unpaired) electrons. The highest BCUT2D eigenvalue weighted by molar-refractivity contribution is 7.98. The molecule has 1 amide bonds. The van der Waals surface area contributed by atoms with Crippen molar-refractivity contribution < 1.29 is 9.53 Å². The van der Waals surface area contributed by atoms with E-state index in [-0.39, 0.29) is 5.91 Å². The molecular weight excluding hydrogens is 348 g/mol. The van der Waals surface area contributed by atoms with Crippen LogP contribution in [0.3, 0.4) is 0 Å². The van der Waals surface area contributed by atoms with Crippen LogP contribution in [0, 0.1) is 0 Å². The zero-order valence-electron chi connectivity index (χ0n) is 14.7. The van der Waals surface area contributed by atoms with E-state index in [4.69, 9.17) is 4.74 Å². The van der Waals surface area contributed by atoms with Crippen LogP contribution in [0.5, 0.6) is 5.75 Å². The topological polar surface area (TPSA) is 69.0 Å². The summed E-state index contributed by atoms with van der Waals surface area (Å²) in [6.07, 6.45) is 4.35. The Morgan fingerprint density at radius 2 is 1.81 bits per heavy atom. The minimum atomic E-state index is -0.220.